The number of imidazole rings is 2. The molecular weight excluding hydrogens is 649 g/mol. The van der Waals surface area contributed by atoms with Crippen LogP contribution in [0, 0.1) is 17.1 Å². The van der Waals surface area contributed by atoms with Crippen molar-refractivity contribution in [2.75, 3.05) is 26.7 Å². The summed E-state index contributed by atoms with van der Waals surface area (Å²) in [5.41, 5.74) is 8.75. The van der Waals surface area contributed by atoms with Crippen molar-refractivity contribution in [3.8, 4) is 11.9 Å². The van der Waals surface area contributed by atoms with E-state index < -0.39 is 5.82 Å². The molecule has 2 N–H and O–H groups in total. The molecule has 1 fully saturated rings. The zero-order chi connectivity index (χ0) is 36.9. The smallest absolute Gasteiger partial charge is 0.337 e. The first-order valence-electron chi connectivity index (χ1n) is 17.5. The van der Waals surface area contributed by atoms with Crippen molar-refractivity contribution in [3.63, 3.8) is 0 Å². The van der Waals surface area contributed by atoms with Crippen molar-refractivity contribution in [1.29, 1.82) is 5.26 Å². The average molecular weight is 700 g/mol. The van der Waals surface area contributed by atoms with Crippen molar-refractivity contribution in [3.05, 3.63) is 95.2 Å². The van der Waals surface area contributed by atoms with Crippen molar-refractivity contribution in [2.24, 2.45) is 5.73 Å². The Kier molecular flexibility index (Phi) is 14.3. The number of benzene rings is 2. The monoisotopic (exact) mass is 699 g/mol. The number of nitrogens with zero attached hydrogens (tertiary/aromatic N) is 8. The molecular formula is C38H50FN9O3. The number of ether oxygens (including phenoxy) is 2. The van der Waals surface area contributed by atoms with Crippen LogP contribution in [0.2, 0.25) is 0 Å². The molecule has 4 heterocycles. The highest BCUT2D eigenvalue weighted by Gasteiger charge is 2.24. The van der Waals surface area contributed by atoms with E-state index in [4.69, 9.17) is 25.5 Å². The fourth-order valence-corrected chi connectivity index (χ4v) is 5.82. The van der Waals surface area contributed by atoms with Crippen LogP contribution in [0.5, 0.6) is 5.88 Å². The van der Waals surface area contributed by atoms with Crippen LogP contribution in [-0.4, -0.2) is 66.5 Å². The van der Waals surface area contributed by atoms with Crippen LogP contribution in [0.15, 0.2) is 61.2 Å². The van der Waals surface area contributed by atoms with Crippen LogP contribution >= 0.6 is 0 Å². The third-order valence-electron chi connectivity index (χ3n) is 8.31. The summed E-state index contributed by atoms with van der Waals surface area (Å²) < 4.78 is 31.2. The maximum absolute atomic E-state index is 14.2. The Balaban J connectivity index is 0.000000909. The number of aromatic nitrogens is 6. The number of methoxy groups -OCH3 is 1. The van der Waals surface area contributed by atoms with Gasteiger partial charge in [-0.15, -0.1) is 5.10 Å². The number of hydrogen-bond acceptors (Lipinski definition) is 9. The topological polar surface area (TPSA) is 142 Å². The molecule has 12 nitrogen and oxygen atoms in total. The van der Waals surface area contributed by atoms with E-state index in [-0.39, 0.29) is 30.2 Å². The Morgan fingerprint density at radius 3 is 2.47 bits per heavy atom. The van der Waals surface area contributed by atoms with Gasteiger partial charge < -0.3 is 24.3 Å². The van der Waals surface area contributed by atoms with Gasteiger partial charge in [0.1, 0.15) is 18.2 Å². The minimum atomic E-state index is -0.469. The predicted octanol–water partition coefficient (Wildman–Crippen LogP) is 6.65. The van der Waals surface area contributed by atoms with E-state index in [9.17, 15) is 9.18 Å². The summed E-state index contributed by atoms with van der Waals surface area (Å²) in [6.07, 6.45) is 8.69. The third kappa shape index (κ3) is 10.0. The van der Waals surface area contributed by atoms with E-state index in [0.717, 1.165) is 55.0 Å². The summed E-state index contributed by atoms with van der Waals surface area (Å²) in [7, 11) is 1.38. The number of esters is 1. The second-order valence-corrected chi connectivity index (χ2v) is 12.7. The molecule has 0 radical (unpaired) electrons. The maximum atomic E-state index is 14.2. The molecule has 1 aliphatic heterocycles. The Bertz CT molecular complexity index is 1900. The molecule has 2 aromatic carbocycles. The predicted molar refractivity (Wildman–Crippen MR) is 195 cm³/mol. The number of piperidine rings is 1. The molecule has 5 aromatic rings. The number of carbonyl (C=O) groups is 1. The van der Waals surface area contributed by atoms with Crippen LogP contribution in [0.25, 0.3) is 11.0 Å². The molecule has 0 bridgehead atoms. The van der Waals surface area contributed by atoms with Gasteiger partial charge in [-0.3, -0.25) is 9.58 Å². The quantitative estimate of drug-likeness (QED) is 0.159. The number of halogens is 1. The number of fused-ring (bicyclic) bond motifs is 1. The lowest BCUT2D eigenvalue weighted by Gasteiger charge is -2.31. The third-order valence-corrected chi connectivity index (χ3v) is 8.31. The summed E-state index contributed by atoms with van der Waals surface area (Å²) in [5.74, 6) is 0.506. The van der Waals surface area contributed by atoms with Gasteiger partial charge in [-0.2, -0.15) is 5.26 Å². The van der Waals surface area contributed by atoms with E-state index in [0.29, 0.717) is 30.1 Å². The van der Waals surface area contributed by atoms with Crippen LogP contribution in [-0.2, 0) is 24.4 Å². The first-order chi connectivity index (χ1) is 24.6. The van der Waals surface area contributed by atoms with Gasteiger partial charge in [-0.1, -0.05) is 33.3 Å². The molecule has 272 valence electrons. The van der Waals surface area contributed by atoms with Crippen molar-refractivity contribution in [1.82, 2.24) is 33.8 Å². The van der Waals surface area contributed by atoms with E-state index in [2.05, 4.69) is 51.8 Å². The van der Waals surface area contributed by atoms with E-state index in [1.807, 2.05) is 48.5 Å². The normalized spacial score (nSPS) is 13.3. The number of carbonyl (C=O) groups excluding carboxylic acids is 1. The molecule has 0 aliphatic carbocycles. The van der Waals surface area contributed by atoms with Crippen LogP contribution in [0.1, 0.15) is 99.0 Å². The summed E-state index contributed by atoms with van der Waals surface area (Å²) in [5, 5.41) is 13.5. The molecule has 13 heteroatoms. The van der Waals surface area contributed by atoms with Crippen molar-refractivity contribution >= 4 is 17.0 Å². The van der Waals surface area contributed by atoms with Gasteiger partial charge in [-0.05, 0) is 63.6 Å². The highest BCUT2D eigenvalue weighted by Crippen LogP contribution is 2.27. The Morgan fingerprint density at radius 1 is 1.10 bits per heavy atom. The summed E-state index contributed by atoms with van der Waals surface area (Å²) in [6.45, 7) is 14.1. The van der Waals surface area contributed by atoms with Gasteiger partial charge in [0.25, 0.3) is 0 Å². The zero-order valence-corrected chi connectivity index (χ0v) is 30.5. The number of hydrogen-bond donors (Lipinski definition) is 1. The van der Waals surface area contributed by atoms with Crippen LogP contribution in [0.3, 0.4) is 0 Å². The van der Waals surface area contributed by atoms with Crippen molar-refractivity contribution < 1.29 is 18.7 Å². The van der Waals surface area contributed by atoms with Crippen LogP contribution < -0.4 is 10.5 Å². The molecule has 0 amide bonds. The van der Waals surface area contributed by atoms with E-state index >= 15 is 0 Å². The lowest BCUT2D eigenvalue weighted by molar-refractivity contribution is 0.0601. The number of likely N-dealkylation sites (tertiary alicyclic amines) is 1. The molecule has 1 saturated heterocycles. The van der Waals surface area contributed by atoms with Gasteiger partial charge in [0.2, 0.25) is 5.88 Å². The van der Waals surface area contributed by atoms with Gasteiger partial charge in [0.05, 0.1) is 66.5 Å². The Labute approximate surface area is 299 Å². The summed E-state index contributed by atoms with van der Waals surface area (Å²) in [6, 6.07) is 14.0. The molecule has 0 unspecified atom stereocenters. The van der Waals surface area contributed by atoms with Crippen molar-refractivity contribution in [2.45, 2.75) is 85.7 Å². The molecule has 6 rings (SSSR count). The van der Waals surface area contributed by atoms with Gasteiger partial charge in [-0.25, -0.2) is 19.2 Å². The largest absolute Gasteiger partial charge is 0.472 e. The fraction of sp³-hybridized carbons (Fsp3) is 0.447. The zero-order valence-electron chi connectivity index (χ0n) is 30.5. The highest BCUT2D eigenvalue weighted by atomic mass is 19.1. The Morgan fingerprint density at radius 2 is 1.82 bits per heavy atom. The number of nitriles is 1. The fourth-order valence-electron chi connectivity index (χ4n) is 5.82. The minimum absolute atomic E-state index is 0.0348. The van der Waals surface area contributed by atoms with E-state index in [1.54, 1.807) is 24.3 Å². The lowest BCUT2D eigenvalue weighted by atomic mass is 10.1. The standard InChI is InChI=1S/C33H35FN8O3.C3H8.C2H7N/c1-22(2)41-21-36-17-27(41)18-40-30-15-24(33(43)44-3)6-7-29(30)37-31(40)19-39-11-8-26(9-12-39)42-13-10-32(38-42)45-20-25-5-4-23(16-35)14-28(25)34;1-3-2;1-2-3/h4-7,10,13-15,17,21-22,26H,8-9,11-12,18-20H2,1-3H3;3H2,1-2H3;2-3H2,1H3. The minimum Gasteiger partial charge on any atom is -0.472 e. The average Bonchev–Trinajstić information content (AvgIpc) is 3.88. The SMILES string of the molecule is CCC.CCN.COC(=O)c1ccc2nc(CN3CCC(n4ccc(OCc5ccc(C#N)cc5F)n4)CC3)n(Cc3cncn3C(C)C)c2c1. The molecule has 0 spiro atoms. The second-order valence-electron chi connectivity index (χ2n) is 12.7. The Hall–Kier alpha value is -5.06. The molecule has 0 saturated carbocycles. The first-order valence-corrected chi connectivity index (χ1v) is 17.5. The molecule has 1 aliphatic rings. The first kappa shape index (κ1) is 38.7. The second kappa shape index (κ2) is 18.8. The molecule has 0 atom stereocenters. The summed E-state index contributed by atoms with van der Waals surface area (Å²) in [4.78, 5) is 24.1. The van der Waals surface area contributed by atoms with Crippen LogP contribution in [0.4, 0.5) is 4.39 Å². The van der Waals surface area contributed by atoms with Gasteiger partial charge >= 0.3 is 5.97 Å². The lowest BCUT2D eigenvalue weighted by Crippen LogP contribution is -2.35. The maximum Gasteiger partial charge on any atom is 0.337 e. The molecule has 3 aromatic heterocycles. The number of nitrogens with two attached hydrogens (primary N) is 1. The van der Waals surface area contributed by atoms with Gasteiger partial charge in [0, 0.05) is 43.2 Å². The highest BCUT2D eigenvalue weighted by molar-refractivity contribution is 5.93. The summed E-state index contributed by atoms with van der Waals surface area (Å²) >= 11 is 0. The van der Waals surface area contributed by atoms with Gasteiger partial charge in [0.15, 0.2) is 0 Å². The number of rotatable bonds is 10. The van der Waals surface area contributed by atoms with E-state index in [1.165, 1.54) is 19.6 Å². The molecule has 51 heavy (non-hydrogen) atoms.